The number of nitrogens with one attached hydrogen (secondary N) is 2. The van der Waals surface area contributed by atoms with E-state index in [2.05, 4.69) is 36.2 Å². The van der Waals surface area contributed by atoms with Crippen molar-refractivity contribution in [2.24, 2.45) is 0 Å². The fraction of sp³-hybridized carbons (Fsp3) is 0.674. The number of carbonyl (C=O) groups excluding carboxylic acids is 2. The van der Waals surface area contributed by atoms with Gasteiger partial charge in [-0.15, -0.1) is 0 Å². The number of nitrogens with zero attached hydrogens (tertiary/aromatic N) is 1. The summed E-state index contributed by atoms with van der Waals surface area (Å²) in [7, 11) is 0. The molecule has 0 radical (unpaired) electrons. The van der Waals surface area contributed by atoms with Crippen LogP contribution in [-0.2, 0) is 32.2 Å². The summed E-state index contributed by atoms with van der Waals surface area (Å²) in [6.45, 7) is 8.11. The van der Waals surface area contributed by atoms with Crippen molar-refractivity contribution in [2.45, 2.75) is 167 Å². The minimum absolute atomic E-state index is 0.0144. The number of hydroxylamine groups is 1. The van der Waals surface area contributed by atoms with Gasteiger partial charge < -0.3 is 24.8 Å². The number of benzene rings is 2. The van der Waals surface area contributed by atoms with Gasteiger partial charge >= 0.3 is 0 Å². The van der Waals surface area contributed by atoms with E-state index < -0.39 is 6.29 Å². The number of hydrogen-bond acceptors (Lipinski definition) is 7. The number of aliphatic hydroxyl groups is 1. The van der Waals surface area contributed by atoms with Crippen LogP contribution in [0.3, 0.4) is 0 Å². The van der Waals surface area contributed by atoms with E-state index in [9.17, 15) is 14.7 Å². The molecule has 0 aliphatic carbocycles. The van der Waals surface area contributed by atoms with Gasteiger partial charge in [0.15, 0.2) is 6.29 Å². The zero-order chi connectivity index (χ0) is 37.2. The van der Waals surface area contributed by atoms with E-state index in [0.717, 1.165) is 67.6 Å². The van der Waals surface area contributed by atoms with Gasteiger partial charge in [-0.1, -0.05) is 139 Å². The minimum atomic E-state index is -0.502. The average Bonchev–Trinajstić information content (AvgIpc) is 3.17. The highest BCUT2D eigenvalue weighted by molar-refractivity contribution is 5.75. The van der Waals surface area contributed by atoms with Crippen molar-refractivity contribution >= 4 is 11.8 Å². The van der Waals surface area contributed by atoms with E-state index in [0.29, 0.717) is 25.8 Å². The first kappa shape index (κ1) is 43.6. The summed E-state index contributed by atoms with van der Waals surface area (Å²) in [5.41, 5.74) is 5.61. The first-order valence-electron chi connectivity index (χ1n) is 20.5. The van der Waals surface area contributed by atoms with Gasteiger partial charge in [-0.25, -0.2) is 5.48 Å². The normalized spacial score (nSPS) is 17.4. The summed E-state index contributed by atoms with van der Waals surface area (Å²) in [5, 5.41) is 21.2. The predicted molar refractivity (Wildman–Crippen MR) is 208 cm³/mol. The smallest absolute Gasteiger partial charge is 0.243 e. The number of aliphatic hydroxyl groups excluding tert-OH is 1. The molecule has 1 heterocycles. The molecule has 0 aromatic heterocycles. The van der Waals surface area contributed by atoms with Gasteiger partial charge in [-0.05, 0) is 55.5 Å². The molecule has 9 nitrogen and oxygen atoms in total. The van der Waals surface area contributed by atoms with Gasteiger partial charge in [-0.2, -0.15) is 0 Å². The fourth-order valence-electron chi connectivity index (χ4n) is 6.91. The molecule has 0 bridgehead atoms. The summed E-state index contributed by atoms with van der Waals surface area (Å²) in [5.74, 6) is -0.358. The molecule has 52 heavy (non-hydrogen) atoms. The average molecular weight is 724 g/mol. The third-order valence-electron chi connectivity index (χ3n) is 10.2. The number of rotatable bonds is 28. The first-order valence-corrected chi connectivity index (χ1v) is 20.5. The van der Waals surface area contributed by atoms with Crippen molar-refractivity contribution in [3.05, 3.63) is 70.8 Å². The quantitative estimate of drug-likeness (QED) is 0.0393. The maximum atomic E-state index is 12.4. The summed E-state index contributed by atoms with van der Waals surface area (Å²) < 4.78 is 13.4. The fourth-order valence-corrected chi connectivity index (χ4v) is 6.91. The summed E-state index contributed by atoms with van der Waals surface area (Å²) in [6, 6.07) is 16.3. The summed E-state index contributed by atoms with van der Waals surface area (Å²) >= 11 is 0. The zero-order valence-electron chi connectivity index (χ0n) is 32.3. The second kappa shape index (κ2) is 26.9. The van der Waals surface area contributed by atoms with Gasteiger partial charge in [0.25, 0.3) is 0 Å². The lowest BCUT2D eigenvalue weighted by molar-refractivity contribution is -0.253. The lowest BCUT2D eigenvalue weighted by Crippen LogP contribution is -2.40. The standard InChI is InChI=1S/C43H69N3O6/c1-3-5-7-9-13-17-29-46(30-18-14-10-8-6-4-2)33-39-31-40(37-25-23-36(34-47)24-26-37)52-43(51-39)38-27-21-35(22-28-38)32-44-41(48)19-15-11-12-16-20-42(49)45-50/h21-28,39-40,43,47,50H,3-20,29-34H2,1-2H3,(H,44,48)(H,45,49)/t39-,40+,43+/m1/s1. The van der Waals surface area contributed by atoms with Crippen molar-refractivity contribution in [2.75, 3.05) is 19.6 Å². The molecule has 1 fully saturated rings. The Hall–Kier alpha value is -2.82. The van der Waals surface area contributed by atoms with E-state index in [1.54, 1.807) is 5.48 Å². The Labute approximate surface area is 314 Å². The Morgan fingerprint density at radius 1 is 0.673 bits per heavy atom. The third kappa shape index (κ3) is 17.8. The van der Waals surface area contributed by atoms with Crippen molar-refractivity contribution < 1.29 is 29.4 Å². The van der Waals surface area contributed by atoms with Crippen LogP contribution in [0.2, 0.25) is 0 Å². The van der Waals surface area contributed by atoms with Gasteiger partial charge in [0, 0.05) is 37.9 Å². The van der Waals surface area contributed by atoms with Crippen LogP contribution in [0.15, 0.2) is 48.5 Å². The largest absolute Gasteiger partial charge is 0.392 e. The molecule has 0 saturated carbocycles. The van der Waals surface area contributed by atoms with Crippen LogP contribution in [0.4, 0.5) is 0 Å². The Morgan fingerprint density at radius 2 is 1.19 bits per heavy atom. The highest BCUT2D eigenvalue weighted by Gasteiger charge is 2.33. The summed E-state index contributed by atoms with van der Waals surface area (Å²) in [4.78, 5) is 26.2. The molecule has 2 aromatic carbocycles. The van der Waals surface area contributed by atoms with E-state index in [4.69, 9.17) is 14.7 Å². The van der Waals surface area contributed by atoms with Crippen LogP contribution in [0.5, 0.6) is 0 Å². The molecule has 9 heteroatoms. The molecule has 2 amide bonds. The van der Waals surface area contributed by atoms with Crippen LogP contribution in [0.25, 0.3) is 0 Å². The molecule has 1 aliphatic heterocycles. The van der Waals surface area contributed by atoms with Crippen LogP contribution in [0.1, 0.15) is 170 Å². The van der Waals surface area contributed by atoms with Crippen LogP contribution in [0, 0.1) is 0 Å². The molecule has 292 valence electrons. The maximum absolute atomic E-state index is 12.4. The molecule has 0 unspecified atom stereocenters. The van der Waals surface area contributed by atoms with Crippen LogP contribution >= 0.6 is 0 Å². The Morgan fingerprint density at radius 3 is 1.77 bits per heavy atom. The van der Waals surface area contributed by atoms with E-state index in [1.165, 1.54) is 77.0 Å². The number of unbranched alkanes of at least 4 members (excludes halogenated alkanes) is 13. The topological polar surface area (TPSA) is 120 Å². The lowest BCUT2D eigenvalue weighted by atomic mass is 9.99. The second-order valence-corrected chi connectivity index (χ2v) is 14.7. The first-order chi connectivity index (χ1) is 25.4. The molecule has 1 saturated heterocycles. The molecule has 1 aliphatic rings. The molecule has 4 N–H and O–H groups in total. The Bertz CT molecular complexity index is 1210. The second-order valence-electron chi connectivity index (χ2n) is 14.7. The lowest BCUT2D eigenvalue weighted by Gasteiger charge is -2.38. The van der Waals surface area contributed by atoms with Gasteiger partial charge in [0.2, 0.25) is 11.8 Å². The van der Waals surface area contributed by atoms with Gasteiger partial charge in [0.1, 0.15) is 0 Å². The SMILES string of the molecule is CCCCCCCCN(CCCCCCCC)C[C@H]1C[C@@H](c2ccc(CO)cc2)O[C@@H](c2ccc(CNC(=O)CCCCCCC(=O)NO)cc2)O1. The van der Waals surface area contributed by atoms with Crippen molar-refractivity contribution in [1.29, 1.82) is 0 Å². The molecular weight excluding hydrogens is 654 g/mol. The molecule has 3 rings (SSSR count). The Balaban J connectivity index is 1.60. The molecular formula is C43H69N3O6. The molecule has 0 spiro atoms. The predicted octanol–water partition coefficient (Wildman–Crippen LogP) is 9.21. The van der Waals surface area contributed by atoms with Gasteiger partial charge in [-0.3, -0.25) is 14.8 Å². The number of hydrogen-bond donors (Lipinski definition) is 4. The van der Waals surface area contributed by atoms with Crippen molar-refractivity contribution in [3.63, 3.8) is 0 Å². The number of carbonyl (C=O) groups is 2. The number of ether oxygens (including phenoxy) is 2. The molecule has 2 aromatic rings. The van der Waals surface area contributed by atoms with Crippen LogP contribution < -0.4 is 10.8 Å². The highest BCUT2D eigenvalue weighted by Crippen LogP contribution is 2.38. The monoisotopic (exact) mass is 724 g/mol. The Kier molecular flexibility index (Phi) is 22.5. The minimum Gasteiger partial charge on any atom is -0.392 e. The highest BCUT2D eigenvalue weighted by atomic mass is 16.7. The maximum Gasteiger partial charge on any atom is 0.243 e. The summed E-state index contributed by atoms with van der Waals surface area (Å²) in [6.07, 6.45) is 19.6. The zero-order valence-corrected chi connectivity index (χ0v) is 32.3. The van der Waals surface area contributed by atoms with E-state index in [-0.39, 0.29) is 30.6 Å². The van der Waals surface area contributed by atoms with Gasteiger partial charge in [0.05, 0.1) is 18.8 Å². The third-order valence-corrected chi connectivity index (χ3v) is 10.2. The van der Waals surface area contributed by atoms with E-state index >= 15 is 0 Å². The molecule has 3 atom stereocenters. The number of amides is 2. The van der Waals surface area contributed by atoms with Crippen LogP contribution in [-0.4, -0.2) is 52.8 Å². The van der Waals surface area contributed by atoms with Crippen molar-refractivity contribution in [3.8, 4) is 0 Å². The van der Waals surface area contributed by atoms with Crippen molar-refractivity contribution in [1.82, 2.24) is 15.7 Å². The van der Waals surface area contributed by atoms with E-state index in [1.807, 2.05) is 36.4 Å².